The molecule has 0 fully saturated rings. The number of nitrogens with one attached hydrogen (secondary N) is 2. The number of nitrogens with zero attached hydrogens (tertiary/aromatic N) is 1. The Labute approximate surface area is 117 Å². The van der Waals surface area contributed by atoms with Crippen molar-refractivity contribution >= 4 is 17.3 Å². The highest BCUT2D eigenvalue weighted by Crippen LogP contribution is 2.13. The van der Waals surface area contributed by atoms with Gasteiger partial charge in [0.2, 0.25) is 0 Å². The number of pyridine rings is 1. The first-order valence-corrected chi connectivity index (χ1v) is 6.33. The number of amides is 1. The smallest absolute Gasteiger partial charge is 0.257 e. The summed E-state index contributed by atoms with van der Waals surface area (Å²) in [5.41, 5.74) is 1.77. The van der Waals surface area contributed by atoms with Gasteiger partial charge in [-0.1, -0.05) is 0 Å². The van der Waals surface area contributed by atoms with Crippen LogP contribution in [0.1, 0.15) is 24.2 Å². The highest BCUT2D eigenvalue weighted by atomic mass is 19.1. The van der Waals surface area contributed by atoms with Crippen LogP contribution in [0.4, 0.5) is 15.8 Å². The van der Waals surface area contributed by atoms with Crippen LogP contribution in [-0.4, -0.2) is 16.9 Å². The summed E-state index contributed by atoms with van der Waals surface area (Å²) in [6.45, 7) is 4.01. The summed E-state index contributed by atoms with van der Waals surface area (Å²) in [6, 6.07) is 7.60. The van der Waals surface area contributed by atoms with Crippen LogP contribution in [0.15, 0.2) is 42.7 Å². The molecule has 0 aliphatic heterocycles. The Morgan fingerprint density at radius 3 is 2.50 bits per heavy atom. The molecule has 0 spiro atoms. The van der Waals surface area contributed by atoms with E-state index in [1.807, 2.05) is 13.8 Å². The Morgan fingerprint density at radius 2 is 1.85 bits per heavy atom. The zero-order valence-electron chi connectivity index (χ0n) is 11.4. The highest BCUT2D eigenvalue weighted by molar-refractivity contribution is 6.04. The second-order valence-electron chi connectivity index (χ2n) is 4.72. The van der Waals surface area contributed by atoms with Gasteiger partial charge in [-0.25, -0.2) is 4.39 Å². The molecule has 1 aromatic carbocycles. The molecule has 0 saturated heterocycles. The Kier molecular flexibility index (Phi) is 4.30. The second kappa shape index (κ2) is 6.14. The maximum absolute atomic E-state index is 12.8. The van der Waals surface area contributed by atoms with Crippen molar-refractivity contribution in [2.75, 3.05) is 10.6 Å². The summed E-state index contributed by atoms with van der Waals surface area (Å²) in [6.07, 6.45) is 3.15. The normalized spacial score (nSPS) is 10.4. The van der Waals surface area contributed by atoms with Crippen molar-refractivity contribution in [2.45, 2.75) is 19.9 Å². The maximum Gasteiger partial charge on any atom is 0.257 e. The van der Waals surface area contributed by atoms with E-state index in [1.165, 1.54) is 30.5 Å². The third-order valence-electron chi connectivity index (χ3n) is 2.56. The fourth-order valence-electron chi connectivity index (χ4n) is 1.71. The van der Waals surface area contributed by atoms with Crippen LogP contribution in [0.25, 0.3) is 0 Å². The molecule has 0 atom stereocenters. The Hall–Kier alpha value is -2.43. The van der Waals surface area contributed by atoms with Crippen LogP contribution in [0.3, 0.4) is 0 Å². The average molecular weight is 273 g/mol. The van der Waals surface area contributed by atoms with Gasteiger partial charge in [0.1, 0.15) is 5.82 Å². The zero-order chi connectivity index (χ0) is 14.5. The van der Waals surface area contributed by atoms with Gasteiger partial charge >= 0.3 is 0 Å². The molecule has 1 heterocycles. The fraction of sp³-hybridized carbons (Fsp3) is 0.200. The summed E-state index contributed by atoms with van der Waals surface area (Å²) in [7, 11) is 0. The van der Waals surface area contributed by atoms with Gasteiger partial charge in [0, 0.05) is 24.1 Å². The minimum atomic E-state index is -0.340. The van der Waals surface area contributed by atoms with Crippen LogP contribution in [0, 0.1) is 5.82 Å². The average Bonchev–Trinajstić information content (AvgIpc) is 2.41. The number of rotatable bonds is 4. The van der Waals surface area contributed by atoms with E-state index in [4.69, 9.17) is 0 Å². The van der Waals surface area contributed by atoms with Gasteiger partial charge in [-0.15, -0.1) is 0 Å². The van der Waals surface area contributed by atoms with E-state index in [2.05, 4.69) is 15.6 Å². The number of aromatic nitrogens is 1. The molecule has 0 aliphatic rings. The first-order valence-electron chi connectivity index (χ1n) is 6.33. The van der Waals surface area contributed by atoms with Gasteiger partial charge in [-0.2, -0.15) is 0 Å². The lowest BCUT2D eigenvalue weighted by atomic mass is 10.2. The van der Waals surface area contributed by atoms with Crippen molar-refractivity contribution in [3.05, 3.63) is 54.1 Å². The van der Waals surface area contributed by atoms with Gasteiger partial charge in [-0.05, 0) is 44.2 Å². The van der Waals surface area contributed by atoms with E-state index in [0.717, 1.165) is 5.69 Å². The van der Waals surface area contributed by atoms with Gasteiger partial charge in [0.25, 0.3) is 5.91 Å². The first kappa shape index (κ1) is 14.0. The highest BCUT2D eigenvalue weighted by Gasteiger charge is 2.08. The van der Waals surface area contributed by atoms with Crippen molar-refractivity contribution in [1.82, 2.24) is 4.98 Å². The minimum absolute atomic E-state index is 0.257. The Balaban J connectivity index is 2.10. The molecule has 4 nitrogen and oxygen atoms in total. The molecule has 0 bridgehead atoms. The number of benzene rings is 1. The van der Waals surface area contributed by atoms with Crippen molar-refractivity contribution in [1.29, 1.82) is 0 Å². The second-order valence-corrected chi connectivity index (χ2v) is 4.72. The van der Waals surface area contributed by atoms with E-state index in [1.54, 1.807) is 12.3 Å². The van der Waals surface area contributed by atoms with Crippen molar-refractivity contribution in [3.63, 3.8) is 0 Å². The SMILES string of the molecule is CC(C)Nc1cncc(C(=O)Nc2ccc(F)cc2)c1. The summed E-state index contributed by atoms with van der Waals surface area (Å²) >= 11 is 0. The summed E-state index contributed by atoms with van der Waals surface area (Å²) in [4.78, 5) is 16.1. The lowest BCUT2D eigenvalue weighted by molar-refractivity contribution is 0.102. The molecule has 104 valence electrons. The molecular weight excluding hydrogens is 257 g/mol. The predicted octanol–water partition coefficient (Wildman–Crippen LogP) is 3.29. The molecule has 2 N–H and O–H groups in total. The maximum atomic E-state index is 12.8. The molecule has 0 radical (unpaired) electrons. The summed E-state index contributed by atoms with van der Waals surface area (Å²) < 4.78 is 12.8. The monoisotopic (exact) mass is 273 g/mol. The standard InChI is InChI=1S/C15H16FN3O/c1-10(2)18-14-7-11(8-17-9-14)15(20)19-13-5-3-12(16)4-6-13/h3-10,18H,1-2H3,(H,19,20). The van der Waals surface area contributed by atoms with E-state index in [-0.39, 0.29) is 17.8 Å². The minimum Gasteiger partial charge on any atom is -0.382 e. The molecule has 0 unspecified atom stereocenters. The van der Waals surface area contributed by atoms with E-state index in [0.29, 0.717) is 11.3 Å². The lowest BCUT2D eigenvalue weighted by Crippen LogP contribution is -2.14. The van der Waals surface area contributed by atoms with Gasteiger partial charge in [-0.3, -0.25) is 9.78 Å². The largest absolute Gasteiger partial charge is 0.382 e. The molecule has 1 amide bonds. The van der Waals surface area contributed by atoms with Crippen molar-refractivity contribution in [3.8, 4) is 0 Å². The predicted molar refractivity (Wildman–Crippen MR) is 77.3 cm³/mol. The van der Waals surface area contributed by atoms with Crippen molar-refractivity contribution < 1.29 is 9.18 Å². The van der Waals surface area contributed by atoms with Crippen LogP contribution >= 0.6 is 0 Å². The first-order chi connectivity index (χ1) is 9.54. The molecule has 20 heavy (non-hydrogen) atoms. The number of halogens is 1. The van der Waals surface area contributed by atoms with Crippen LogP contribution in [-0.2, 0) is 0 Å². The van der Waals surface area contributed by atoms with Crippen LogP contribution in [0.5, 0.6) is 0 Å². The topological polar surface area (TPSA) is 54.0 Å². The molecule has 0 saturated carbocycles. The number of anilines is 2. The van der Waals surface area contributed by atoms with E-state index < -0.39 is 0 Å². The molecule has 0 aliphatic carbocycles. The van der Waals surface area contributed by atoms with Crippen molar-refractivity contribution in [2.24, 2.45) is 0 Å². The Morgan fingerprint density at radius 1 is 1.15 bits per heavy atom. The number of hydrogen-bond acceptors (Lipinski definition) is 3. The third-order valence-corrected chi connectivity index (χ3v) is 2.56. The lowest BCUT2D eigenvalue weighted by Gasteiger charge is -2.10. The molecular formula is C15H16FN3O. The third kappa shape index (κ3) is 3.78. The van der Waals surface area contributed by atoms with Gasteiger partial charge in [0.15, 0.2) is 0 Å². The summed E-state index contributed by atoms with van der Waals surface area (Å²) in [5, 5.41) is 5.87. The fourth-order valence-corrected chi connectivity index (χ4v) is 1.71. The summed E-state index contributed by atoms with van der Waals surface area (Å²) in [5.74, 6) is -0.621. The van der Waals surface area contributed by atoms with Gasteiger partial charge in [0.05, 0.1) is 11.3 Å². The molecule has 5 heteroatoms. The Bertz CT molecular complexity index is 596. The molecule has 1 aromatic heterocycles. The van der Waals surface area contributed by atoms with E-state index >= 15 is 0 Å². The quantitative estimate of drug-likeness (QED) is 0.898. The van der Waals surface area contributed by atoms with Gasteiger partial charge < -0.3 is 10.6 Å². The van der Waals surface area contributed by atoms with Crippen LogP contribution in [0.2, 0.25) is 0 Å². The molecule has 2 aromatic rings. The zero-order valence-corrected chi connectivity index (χ0v) is 11.4. The number of carbonyl (C=O) groups excluding carboxylic acids is 1. The van der Waals surface area contributed by atoms with E-state index in [9.17, 15) is 9.18 Å². The molecule has 2 rings (SSSR count). The van der Waals surface area contributed by atoms with Crippen LogP contribution < -0.4 is 10.6 Å². The number of carbonyl (C=O) groups is 1. The number of hydrogen-bond donors (Lipinski definition) is 2.